The number of benzene rings is 1. The van der Waals surface area contributed by atoms with Gasteiger partial charge in [-0.2, -0.15) is 5.10 Å². The molecule has 0 aliphatic heterocycles. The predicted octanol–water partition coefficient (Wildman–Crippen LogP) is 3.60. The predicted molar refractivity (Wildman–Crippen MR) is 87.2 cm³/mol. The number of amides is 1. The molecule has 1 aromatic carbocycles. The molecule has 0 saturated carbocycles. The number of nitrogens with zero attached hydrogens (tertiary/aromatic N) is 2. The molecular formula is C16H17N3O2S. The molecule has 1 N–H and O–H groups in total. The molecule has 1 aliphatic carbocycles. The Labute approximate surface area is 133 Å². The van der Waals surface area contributed by atoms with E-state index in [-0.39, 0.29) is 0 Å². The van der Waals surface area contributed by atoms with Crippen LogP contribution in [0.1, 0.15) is 30.3 Å². The van der Waals surface area contributed by atoms with Crippen LogP contribution in [0.4, 0.5) is 4.79 Å². The Morgan fingerprint density at radius 3 is 2.95 bits per heavy atom. The van der Waals surface area contributed by atoms with Gasteiger partial charge in [-0.15, -0.1) is 11.3 Å². The summed E-state index contributed by atoms with van der Waals surface area (Å²) in [6.45, 7) is 2.10. The maximum atomic E-state index is 11.4. The number of aryl methyl sites for hydroxylation is 1. The number of hydrogen-bond acceptors (Lipinski definition) is 5. The first kappa shape index (κ1) is 14.7. The van der Waals surface area contributed by atoms with Gasteiger partial charge in [-0.1, -0.05) is 30.3 Å². The Kier molecular flexibility index (Phi) is 4.48. The molecule has 1 heterocycles. The van der Waals surface area contributed by atoms with Crippen LogP contribution in [0.15, 0.2) is 35.4 Å². The number of carbonyl (C=O) groups excluding carboxylic acids is 1. The van der Waals surface area contributed by atoms with E-state index in [0.717, 1.165) is 46.1 Å². The molecule has 1 amide bonds. The van der Waals surface area contributed by atoms with Crippen molar-refractivity contribution in [2.75, 3.05) is 6.61 Å². The van der Waals surface area contributed by atoms with Crippen LogP contribution in [0, 0.1) is 0 Å². The van der Waals surface area contributed by atoms with Gasteiger partial charge in [0, 0.05) is 5.56 Å². The second-order valence-electron chi connectivity index (χ2n) is 4.91. The normalized spacial score (nSPS) is 15.4. The van der Waals surface area contributed by atoms with E-state index in [9.17, 15) is 4.79 Å². The minimum atomic E-state index is -0.519. The highest BCUT2D eigenvalue weighted by atomic mass is 32.1. The summed E-state index contributed by atoms with van der Waals surface area (Å²) in [6.07, 6.45) is 2.27. The van der Waals surface area contributed by atoms with Gasteiger partial charge in [0.2, 0.25) is 0 Å². The molecule has 5 nitrogen and oxygen atoms in total. The van der Waals surface area contributed by atoms with E-state index in [1.54, 1.807) is 18.3 Å². The maximum absolute atomic E-state index is 11.4. The van der Waals surface area contributed by atoms with Crippen LogP contribution in [0.25, 0.3) is 10.6 Å². The van der Waals surface area contributed by atoms with Crippen molar-refractivity contribution in [2.45, 2.75) is 26.2 Å². The Balaban J connectivity index is 1.86. The zero-order chi connectivity index (χ0) is 15.4. The van der Waals surface area contributed by atoms with Gasteiger partial charge in [0.05, 0.1) is 22.9 Å². The molecule has 6 heteroatoms. The summed E-state index contributed by atoms with van der Waals surface area (Å²) in [7, 11) is 0. The lowest BCUT2D eigenvalue weighted by Gasteiger charge is -2.11. The van der Waals surface area contributed by atoms with Gasteiger partial charge >= 0.3 is 6.09 Å². The lowest BCUT2D eigenvalue weighted by Crippen LogP contribution is -2.22. The summed E-state index contributed by atoms with van der Waals surface area (Å²) in [5.74, 6) is 0. The lowest BCUT2D eigenvalue weighted by atomic mass is 10.0. The molecule has 114 valence electrons. The van der Waals surface area contributed by atoms with Crippen molar-refractivity contribution in [3.05, 3.63) is 40.9 Å². The SMILES string of the molecule is CCOC(=O)N/N=C1/CCCc2nc(-c3ccccc3)sc21. The van der Waals surface area contributed by atoms with Crippen LogP contribution < -0.4 is 5.43 Å². The number of aromatic nitrogens is 1. The number of nitrogens with one attached hydrogen (secondary N) is 1. The monoisotopic (exact) mass is 315 g/mol. The van der Waals surface area contributed by atoms with Gasteiger partial charge in [0.25, 0.3) is 0 Å². The quantitative estimate of drug-likeness (QED) is 0.880. The minimum Gasteiger partial charge on any atom is -0.449 e. The van der Waals surface area contributed by atoms with Crippen molar-refractivity contribution in [3.63, 3.8) is 0 Å². The molecule has 22 heavy (non-hydrogen) atoms. The molecule has 1 aliphatic rings. The van der Waals surface area contributed by atoms with Crippen LogP contribution in [-0.2, 0) is 11.2 Å². The average Bonchev–Trinajstić information content (AvgIpc) is 2.99. The van der Waals surface area contributed by atoms with Gasteiger partial charge in [-0.3, -0.25) is 0 Å². The summed E-state index contributed by atoms with van der Waals surface area (Å²) in [6, 6.07) is 10.1. The van der Waals surface area contributed by atoms with Gasteiger partial charge in [-0.25, -0.2) is 15.2 Å². The highest BCUT2D eigenvalue weighted by molar-refractivity contribution is 7.17. The molecular weight excluding hydrogens is 298 g/mol. The van der Waals surface area contributed by atoms with Crippen LogP contribution in [0.5, 0.6) is 0 Å². The highest BCUT2D eigenvalue weighted by Crippen LogP contribution is 2.32. The van der Waals surface area contributed by atoms with E-state index in [0.29, 0.717) is 6.61 Å². The maximum Gasteiger partial charge on any atom is 0.427 e. The average molecular weight is 315 g/mol. The molecule has 0 bridgehead atoms. The van der Waals surface area contributed by atoms with Crippen molar-refractivity contribution < 1.29 is 9.53 Å². The molecule has 0 fully saturated rings. The van der Waals surface area contributed by atoms with Gasteiger partial charge < -0.3 is 4.74 Å². The van der Waals surface area contributed by atoms with Crippen molar-refractivity contribution in [1.29, 1.82) is 0 Å². The van der Waals surface area contributed by atoms with Crippen LogP contribution in [0.2, 0.25) is 0 Å². The number of carbonyl (C=O) groups is 1. The van der Waals surface area contributed by atoms with E-state index < -0.39 is 6.09 Å². The van der Waals surface area contributed by atoms with E-state index in [2.05, 4.69) is 22.7 Å². The number of fused-ring (bicyclic) bond motifs is 1. The third-order valence-electron chi connectivity index (χ3n) is 3.36. The van der Waals surface area contributed by atoms with Gasteiger partial charge in [-0.05, 0) is 26.2 Å². The fourth-order valence-corrected chi connectivity index (χ4v) is 3.50. The molecule has 3 rings (SSSR count). The zero-order valence-electron chi connectivity index (χ0n) is 12.3. The number of hydrogen-bond donors (Lipinski definition) is 1. The van der Waals surface area contributed by atoms with Crippen LogP contribution in [0.3, 0.4) is 0 Å². The Bertz CT molecular complexity index is 695. The molecule has 0 radical (unpaired) electrons. The van der Waals surface area contributed by atoms with E-state index in [1.165, 1.54) is 0 Å². The molecule has 2 aromatic rings. The Morgan fingerprint density at radius 2 is 2.18 bits per heavy atom. The largest absolute Gasteiger partial charge is 0.449 e. The van der Waals surface area contributed by atoms with Gasteiger partial charge in [0.15, 0.2) is 0 Å². The first-order valence-corrected chi connectivity index (χ1v) is 8.14. The van der Waals surface area contributed by atoms with Crippen LogP contribution >= 0.6 is 11.3 Å². The first-order valence-electron chi connectivity index (χ1n) is 7.32. The van der Waals surface area contributed by atoms with Crippen molar-refractivity contribution in [3.8, 4) is 10.6 Å². The van der Waals surface area contributed by atoms with Gasteiger partial charge in [0.1, 0.15) is 5.01 Å². The second-order valence-corrected chi connectivity index (χ2v) is 5.90. The van der Waals surface area contributed by atoms with Crippen molar-refractivity contribution in [2.24, 2.45) is 5.10 Å². The molecule has 0 unspecified atom stereocenters. The van der Waals surface area contributed by atoms with Crippen LogP contribution in [-0.4, -0.2) is 23.4 Å². The molecule has 0 saturated heterocycles. The van der Waals surface area contributed by atoms with E-state index in [4.69, 9.17) is 9.72 Å². The topological polar surface area (TPSA) is 63.6 Å². The number of ether oxygens (including phenoxy) is 1. The lowest BCUT2D eigenvalue weighted by molar-refractivity contribution is 0.152. The molecule has 1 aromatic heterocycles. The first-order chi connectivity index (χ1) is 10.8. The van der Waals surface area contributed by atoms with E-state index >= 15 is 0 Å². The standard InChI is InChI=1S/C16H17N3O2S/c1-2-21-16(20)19-18-13-10-6-9-12-14(13)22-15(17-12)11-7-4-3-5-8-11/h3-5,7-8H,2,6,9-10H2,1H3,(H,19,20)/b18-13-. The smallest absolute Gasteiger partial charge is 0.427 e. The summed E-state index contributed by atoms with van der Waals surface area (Å²) in [5, 5.41) is 5.21. The molecule has 0 spiro atoms. The fourth-order valence-electron chi connectivity index (χ4n) is 2.37. The number of thiazole rings is 1. The molecule has 0 atom stereocenters. The summed E-state index contributed by atoms with van der Waals surface area (Å²) < 4.78 is 4.83. The third-order valence-corrected chi connectivity index (χ3v) is 4.56. The number of rotatable bonds is 3. The van der Waals surface area contributed by atoms with Crippen molar-refractivity contribution >= 4 is 23.1 Å². The van der Waals surface area contributed by atoms with E-state index in [1.807, 2.05) is 18.2 Å². The summed E-state index contributed by atoms with van der Waals surface area (Å²) >= 11 is 1.63. The summed E-state index contributed by atoms with van der Waals surface area (Å²) in [5.41, 5.74) is 5.51. The Morgan fingerprint density at radius 1 is 1.36 bits per heavy atom. The Hall–Kier alpha value is -2.21. The number of hydrazone groups is 1. The summed E-state index contributed by atoms with van der Waals surface area (Å²) in [4.78, 5) is 17.2. The highest BCUT2D eigenvalue weighted by Gasteiger charge is 2.21. The second kappa shape index (κ2) is 6.70. The minimum absolute atomic E-state index is 0.334. The third kappa shape index (κ3) is 3.17. The fraction of sp³-hybridized carbons (Fsp3) is 0.312. The zero-order valence-corrected chi connectivity index (χ0v) is 13.2. The van der Waals surface area contributed by atoms with Crippen molar-refractivity contribution in [1.82, 2.24) is 10.4 Å².